The van der Waals surface area contributed by atoms with E-state index in [0.29, 0.717) is 25.7 Å². The van der Waals surface area contributed by atoms with E-state index in [1.165, 1.54) is 231 Å². The van der Waals surface area contributed by atoms with Gasteiger partial charge in [-0.3, -0.25) is 37.3 Å². The highest BCUT2D eigenvalue weighted by Gasteiger charge is 2.30. The number of phosphoric ester groups is 2. The summed E-state index contributed by atoms with van der Waals surface area (Å²) in [5.74, 6) is 0.201. The Morgan fingerprint density at radius 3 is 0.760 bits per heavy atom. The summed E-state index contributed by atoms with van der Waals surface area (Å²) in [6, 6.07) is 0. The first-order valence-electron chi connectivity index (χ1n) is 41.9. The Bertz CT molecular complexity index is 1940. The zero-order chi connectivity index (χ0) is 73.7. The zero-order valence-electron chi connectivity index (χ0n) is 65.7. The molecule has 0 aliphatic carbocycles. The van der Waals surface area contributed by atoms with Crippen LogP contribution in [0.25, 0.3) is 0 Å². The van der Waals surface area contributed by atoms with Gasteiger partial charge in [0.15, 0.2) is 12.2 Å². The van der Waals surface area contributed by atoms with Gasteiger partial charge in [-0.1, -0.05) is 370 Å². The molecule has 0 aliphatic heterocycles. The van der Waals surface area contributed by atoms with Crippen LogP contribution in [0.4, 0.5) is 0 Å². The van der Waals surface area contributed by atoms with Crippen LogP contribution in [0.2, 0.25) is 0 Å². The van der Waals surface area contributed by atoms with Gasteiger partial charge in [-0.25, -0.2) is 9.13 Å². The lowest BCUT2D eigenvalue weighted by Gasteiger charge is -2.21. The molecule has 3 N–H and O–H groups in total. The largest absolute Gasteiger partial charge is 0.472 e. The number of aliphatic hydroxyl groups excluding tert-OH is 1. The predicted molar refractivity (Wildman–Crippen MR) is 409 cm³/mol. The molecule has 0 aromatic heterocycles. The molecule has 0 spiro atoms. The molecule has 0 fully saturated rings. The van der Waals surface area contributed by atoms with Gasteiger partial charge in [0.25, 0.3) is 0 Å². The van der Waals surface area contributed by atoms with Crippen LogP contribution >= 0.6 is 15.6 Å². The van der Waals surface area contributed by atoms with Crippen LogP contribution in [0.15, 0.2) is 0 Å². The Kier molecular flexibility index (Phi) is 69.9. The molecule has 0 aromatic rings. The van der Waals surface area contributed by atoms with Gasteiger partial charge in [-0.2, -0.15) is 0 Å². The van der Waals surface area contributed by atoms with Gasteiger partial charge in [0.2, 0.25) is 0 Å². The summed E-state index contributed by atoms with van der Waals surface area (Å²) in [4.78, 5) is 73.0. The molecule has 0 heterocycles. The van der Waals surface area contributed by atoms with Gasteiger partial charge in [0.05, 0.1) is 26.4 Å². The molecule has 594 valence electrons. The number of phosphoric acid groups is 2. The van der Waals surface area contributed by atoms with Gasteiger partial charge < -0.3 is 33.8 Å². The SMILES string of the molecule is CCCCCCCCCCCCCCCCCCCCCC(=O)O[C@H](COC(=O)CCCCCCCCCCCCCCCCC(C)C)COP(=O)(O)OC[C@@H](O)COP(=O)(O)OC[C@@H](COC(=O)CCCCCCCCCCC(C)CC)OC(=O)CCCCCCCCCCCC(C)C. The summed E-state index contributed by atoms with van der Waals surface area (Å²) in [5, 5.41) is 10.6. The molecule has 0 rings (SSSR count). The number of aliphatic hydroxyl groups is 1. The quantitative estimate of drug-likeness (QED) is 0.0222. The fourth-order valence-electron chi connectivity index (χ4n) is 12.5. The highest BCUT2D eigenvalue weighted by molar-refractivity contribution is 7.47. The van der Waals surface area contributed by atoms with Crippen molar-refractivity contribution in [2.75, 3.05) is 39.6 Å². The first-order valence-corrected chi connectivity index (χ1v) is 44.9. The van der Waals surface area contributed by atoms with Gasteiger partial charge in [-0.15, -0.1) is 0 Å². The molecule has 17 nitrogen and oxygen atoms in total. The van der Waals surface area contributed by atoms with E-state index in [1.807, 2.05) is 0 Å². The minimum absolute atomic E-state index is 0.105. The summed E-state index contributed by atoms with van der Waals surface area (Å²) in [6.07, 6.45) is 59.6. The van der Waals surface area contributed by atoms with Crippen molar-refractivity contribution in [2.45, 2.75) is 439 Å². The lowest BCUT2D eigenvalue weighted by atomic mass is 9.99. The molecule has 0 aromatic carbocycles. The monoisotopic (exact) mass is 1470 g/mol. The minimum atomic E-state index is -4.96. The Morgan fingerprint density at radius 2 is 0.510 bits per heavy atom. The van der Waals surface area contributed by atoms with E-state index >= 15 is 0 Å². The Balaban J connectivity index is 5.25. The molecule has 3 unspecified atom stereocenters. The molecule has 0 saturated heterocycles. The van der Waals surface area contributed by atoms with E-state index in [0.717, 1.165) is 108 Å². The van der Waals surface area contributed by atoms with Gasteiger partial charge in [0, 0.05) is 25.7 Å². The second-order valence-corrected chi connectivity index (χ2v) is 33.3. The molecule has 19 heteroatoms. The van der Waals surface area contributed by atoms with Crippen molar-refractivity contribution in [3.05, 3.63) is 0 Å². The van der Waals surface area contributed by atoms with Crippen LogP contribution in [0.5, 0.6) is 0 Å². The summed E-state index contributed by atoms with van der Waals surface area (Å²) in [7, 11) is -9.92. The topological polar surface area (TPSA) is 237 Å². The van der Waals surface area contributed by atoms with Crippen LogP contribution in [-0.4, -0.2) is 96.7 Å². The number of unbranched alkanes of at least 4 members (excludes halogenated alkanes) is 46. The first-order chi connectivity index (χ1) is 48.3. The first kappa shape index (κ1) is 98.1. The number of hydrogen-bond donors (Lipinski definition) is 3. The van der Waals surface area contributed by atoms with E-state index in [4.69, 9.17) is 37.0 Å². The molecule has 0 aliphatic rings. The summed E-state index contributed by atoms with van der Waals surface area (Å²) in [6.45, 7) is 11.9. The summed E-state index contributed by atoms with van der Waals surface area (Å²) < 4.78 is 68.7. The maximum atomic E-state index is 13.1. The van der Waals surface area contributed by atoms with Crippen molar-refractivity contribution in [3.63, 3.8) is 0 Å². The molecule has 100 heavy (non-hydrogen) atoms. The standard InChI is InChI=1S/C81H158O17P2/c1-8-10-11-12-13-14-15-16-17-18-19-20-21-26-29-34-43-50-57-64-80(85)97-76(68-91-78(83)62-55-48-41-33-28-25-23-22-24-27-31-38-45-52-59-72(3)4)70-95-99(87,88)93-66-75(82)67-94-100(89,90)96-71-77(98-81(86)65-58-51-44-35-30-32-39-46-53-60-73(5)6)69-92-79(84)63-56-49-42-37-36-40-47-54-61-74(7)9-2/h72-77,82H,8-71H2,1-7H3,(H,87,88)(H,89,90)/t74?,75-,76-,77-/m1/s1. The maximum absolute atomic E-state index is 13.1. The summed E-state index contributed by atoms with van der Waals surface area (Å²) >= 11 is 0. The van der Waals surface area contributed by atoms with E-state index in [1.54, 1.807) is 0 Å². The summed E-state index contributed by atoms with van der Waals surface area (Å²) in [5.41, 5.74) is 0. The van der Waals surface area contributed by atoms with Crippen molar-refractivity contribution in [2.24, 2.45) is 17.8 Å². The molecule has 0 saturated carbocycles. The average Bonchev–Trinajstić information content (AvgIpc) is 0.915. The third kappa shape index (κ3) is 73.0. The third-order valence-electron chi connectivity index (χ3n) is 19.2. The Morgan fingerprint density at radius 1 is 0.290 bits per heavy atom. The third-order valence-corrected chi connectivity index (χ3v) is 21.1. The second-order valence-electron chi connectivity index (χ2n) is 30.4. The maximum Gasteiger partial charge on any atom is 0.472 e. The second kappa shape index (κ2) is 71.3. The minimum Gasteiger partial charge on any atom is -0.462 e. The van der Waals surface area contributed by atoms with Gasteiger partial charge >= 0.3 is 39.5 Å². The fourth-order valence-corrected chi connectivity index (χ4v) is 14.0. The number of esters is 4. The Hall–Kier alpha value is -1.94. The normalized spacial score (nSPS) is 14.2. The van der Waals surface area contributed by atoms with Crippen LogP contribution in [0, 0.1) is 17.8 Å². The van der Waals surface area contributed by atoms with Gasteiger partial charge in [0.1, 0.15) is 19.3 Å². The molecule has 6 atom stereocenters. The van der Waals surface area contributed by atoms with Crippen LogP contribution in [0.1, 0.15) is 421 Å². The van der Waals surface area contributed by atoms with Crippen LogP contribution < -0.4 is 0 Å². The molecule has 0 amide bonds. The highest BCUT2D eigenvalue weighted by Crippen LogP contribution is 2.45. The van der Waals surface area contributed by atoms with E-state index in [-0.39, 0.29) is 25.7 Å². The Labute approximate surface area is 613 Å². The number of carbonyl (C=O) groups is 4. The lowest BCUT2D eigenvalue weighted by molar-refractivity contribution is -0.161. The van der Waals surface area contributed by atoms with Crippen molar-refractivity contribution in [1.82, 2.24) is 0 Å². The molecule has 0 radical (unpaired) electrons. The number of hydrogen-bond acceptors (Lipinski definition) is 15. The number of carbonyl (C=O) groups excluding carboxylic acids is 4. The van der Waals surface area contributed by atoms with Crippen LogP contribution in [-0.2, 0) is 65.4 Å². The molecule has 0 bridgehead atoms. The number of rotatable bonds is 79. The van der Waals surface area contributed by atoms with E-state index < -0.39 is 97.5 Å². The van der Waals surface area contributed by atoms with E-state index in [2.05, 4.69) is 48.5 Å². The van der Waals surface area contributed by atoms with Gasteiger partial charge in [-0.05, 0) is 43.4 Å². The van der Waals surface area contributed by atoms with E-state index in [9.17, 15) is 43.2 Å². The van der Waals surface area contributed by atoms with Crippen molar-refractivity contribution >= 4 is 39.5 Å². The number of ether oxygens (including phenoxy) is 4. The highest BCUT2D eigenvalue weighted by atomic mass is 31.2. The molecular formula is C81H158O17P2. The average molecular weight is 1470 g/mol. The fraction of sp³-hybridized carbons (Fsp3) is 0.951. The van der Waals surface area contributed by atoms with Crippen molar-refractivity contribution < 1.29 is 80.2 Å². The lowest BCUT2D eigenvalue weighted by Crippen LogP contribution is -2.30. The zero-order valence-corrected chi connectivity index (χ0v) is 67.5. The van der Waals surface area contributed by atoms with Crippen molar-refractivity contribution in [3.8, 4) is 0 Å². The van der Waals surface area contributed by atoms with Crippen molar-refractivity contribution in [1.29, 1.82) is 0 Å². The van der Waals surface area contributed by atoms with Crippen LogP contribution in [0.3, 0.4) is 0 Å². The smallest absolute Gasteiger partial charge is 0.462 e. The molecular weight excluding hydrogens is 1310 g/mol. The predicted octanol–water partition coefficient (Wildman–Crippen LogP) is 24.1.